The van der Waals surface area contributed by atoms with E-state index in [1.54, 1.807) is 36.4 Å². The van der Waals surface area contributed by atoms with Crippen molar-refractivity contribution < 1.29 is 23.9 Å². The number of hydrogen-bond acceptors (Lipinski definition) is 6. The summed E-state index contributed by atoms with van der Waals surface area (Å²) >= 11 is 3.30. The van der Waals surface area contributed by atoms with Gasteiger partial charge in [-0.3, -0.25) is 14.4 Å². The van der Waals surface area contributed by atoms with Gasteiger partial charge in [0.05, 0.1) is 28.8 Å². The lowest BCUT2D eigenvalue weighted by Gasteiger charge is -2.25. The number of aromatic amines is 2. The molecule has 0 radical (unpaired) electrons. The highest BCUT2D eigenvalue weighted by Crippen LogP contribution is 2.30. The van der Waals surface area contributed by atoms with Crippen molar-refractivity contribution in [3.8, 4) is 5.75 Å². The molecule has 11 heteroatoms. The number of benzene rings is 2. The van der Waals surface area contributed by atoms with Crippen LogP contribution in [0, 0.1) is 0 Å². The summed E-state index contributed by atoms with van der Waals surface area (Å²) in [5, 5.41) is 5.23. The van der Waals surface area contributed by atoms with Crippen LogP contribution in [0.15, 0.2) is 45.7 Å². The summed E-state index contributed by atoms with van der Waals surface area (Å²) in [6.07, 6.45) is -1.38. The van der Waals surface area contributed by atoms with E-state index >= 15 is 0 Å². The second-order valence-corrected chi connectivity index (χ2v) is 7.32. The topological polar surface area (TPSA) is 142 Å². The van der Waals surface area contributed by atoms with Gasteiger partial charge in [0.1, 0.15) is 5.75 Å². The highest BCUT2D eigenvalue weighted by atomic mass is 79.9. The van der Waals surface area contributed by atoms with E-state index in [4.69, 9.17) is 9.47 Å². The van der Waals surface area contributed by atoms with Gasteiger partial charge in [0.25, 0.3) is 11.8 Å². The molecule has 0 aliphatic carbocycles. The lowest BCUT2D eigenvalue weighted by atomic mass is 10.1. The summed E-state index contributed by atoms with van der Waals surface area (Å²) in [7, 11) is 0. The summed E-state index contributed by atoms with van der Waals surface area (Å²) in [6, 6.07) is 10.0. The molecule has 2 aromatic carbocycles. The van der Waals surface area contributed by atoms with Crippen LogP contribution in [0.3, 0.4) is 0 Å². The van der Waals surface area contributed by atoms with Crippen LogP contribution in [0.2, 0.25) is 0 Å². The summed E-state index contributed by atoms with van der Waals surface area (Å²) in [6.45, 7) is -0.544. The molecule has 1 aliphatic rings. The minimum Gasteiger partial charge on any atom is -0.478 e. The molecule has 4 N–H and O–H groups in total. The molecule has 1 aliphatic heterocycles. The van der Waals surface area contributed by atoms with Crippen molar-refractivity contribution in [1.82, 2.24) is 9.97 Å². The normalized spacial score (nSPS) is 15.1. The third-order valence-corrected chi connectivity index (χ3v) is 4.96. The van der Waals surface area contributed by atoms with E-state index in [9.17, 15) is 19.2 Å². The monoisotopic (exact) mass is 474 g/mol. The second kappa shape index (κ2) is 8.03. The number of esters is 1. The Labute approximate surface area is 177 Å². The fourth-order valence-corrected chi connectivity index (χ4v) is 3.36. The predicted octanol–water partition coefficient (Wildman–Crippen LogP) is 1.89. The Morgan fingerprint density at radius 2 is 1.87 bits per heavy atom. The van der Waals surface area contributed by atoms with Gasteiger partial charge in [0.15, 0.2) is 12.7 Å². The van der Waals surface area contributed by atoms with Crippen molar-refractivity contribution in [3.63, 3.8) is 0 Å². The van der Waals surface area contributed by atoms with E-state index in [1.807, 2.05) is 0 Å². The number of anilines is 2. The van der Waals surface area contributed by atoms with Crippen molar-refractivity contribution >= 4 is 56.1 Å². The van der Waals surface area contributed by atoms with E-state index in [-0.39, 0.29) is 12.1 Å². The van der Waals surface area contributed by atoms with Gasteiger partial charge in [0, 0.05) is 4.47 Å². The first-order chi connectivity index (χ1) is 14.4. The Morgan fingerprint density at radius 3 is 2.67 bits per heavy atom. The molecule has 1 atom stereocenters. The Balaban J connectivity index is 1.32. The molecule has 1 unspecified atom stereocenters. The molecule has 30 heavy (non-hydrogen) atoms. The number of imidazole rings is 1. The molecule has 0 saturated heterocycles. The van der Waals surface area contributed by atoms with Gasteiger partial charge in [-0.15, -0.1) is 0 Å². The van der Waals surface area contributed by atoms with Crippen LogP contribution in [0.4, 0.5) is 11.4 Å². The maximum absolute atomic E-state index is 12.1. The summed E-state index contributed by atoms with van der Waals surface area (Å²) in [4.78, 5) is 52.8. The molecule has 0 bridgehead atoms. The first-order valence-electron chi connectivity index (χ1n) is 8.82. The number of halogens is 1. The van der Waals surface area contributed by atoms with Crippen molar-refractivity contribution in [2.24, 2.45) is 0 Å². The van der Waals surface area contributed by atoms with E-state index in [2.05, 4.69) is 36.5 Å². The summed E-state index contributed by atoms with van der Waals surface area (Å²) in [5.74, 6) is -1.35. The Kier molecular flexibility index (Phi) is 5.27. The van der Waals surface area contributed by atoms with E-state index in [0.29, 0.717) is 32.6 Å². The molecule has 154 valence electrons. The molecule has 1 aromatic heterocycles. The minimum absolute atomic E-state index is 0.340. The lowest BCUT2D eigenvalue weighted by molar-refractivity contribution is -0.150. The molecule has 2 heterocycles. The van der Waals surface area contributed by atoms with E-state index in [1.165, 1.54) is 0 Å². The number of rotatable bonds is 5. The van der Waals surface area contributed by atoms with Crippen LogP contribution in [0.5, 0.6) is 5.75 Å². The number of amides is 2. The molecule has 2 amide bonds. The fraction of sp³-hybridized carbons (Fsp3) is 0.158. The van der Waals surface area contributed by atoms with E-state index in [0.717, 1.165) is 0 Å². The van der Waals surface area contributed by atoms with Gasteiger partial charge < -0.3 is 30.1 Å². The van der Waals surface area contributed by atoms with Crippen LogP contribution in [-0.4, -0.2) is 40.5 Å². The Bertz CT molecular complexity index is 1220. The standard InChI is InChI=1S/C19H15BrN4O6/c20-9-5-12-13(24-19(28)23-12)6-11(9)21-16(25)8-29-17(26)7-15-18(27)22-10-3-1-2-4-14(10)30-15/h1-6,15H,7-8H2,(H,21,25)(H,22,27)(H2,23,24,28). The van der Waals surface area contributed by atoms with Crippen LogP contribution in [0.1, 0.15) is 6.42 Å². The molecule has 0 spiro atoms. The smallest absolute Gasteiger partial charge is 0.323 e. The van der Waals surface area contributed by atoms with Crippen molar-refractivity contribution in [1.29, 1.82) is 0 Å². The van der Waals surface area contributed by atoms with Gasteiger partial charge in [0.2, 0.25) is 0 Å². The second-order valence-electron chi connectivity index (χ2n) is 6.46. The fourth-order valence-electron chi connectivity index (χ4n) is 2.92. The predicted molar refractivity (Wildman–Crippen MR) is 110 cm³/mol. The first kappa shape index (κ1) is 19.7. The molecule has 0 saturated carbocycles. The third kappa shape index (κ3) is 4.20. The molecular weight excluding hydrogens is 460 g/mol. The van der Waals surface area contributed by atoms with Gasteiger partial charge in [-0.05, 0) is 40.2 Å². The van der Waals surface area contributed by atoms with Crippen LogP contribution >= 0.6 is 15.9 Å². The van der Waals surface area contributed by atoms with Crippen LogP contribution < -0.4 is 21.1 Å². The maximum atomic E-state index is 12.1. The van der Waals surface area contributed by atoms with Gasteiger partial charge in [-0.2, -0.15) is 0 Å². The number of nitrogens with one attached hydrogen (secondary N) is 4. The van der Waals surface area contributed by atoms with Crippen LogP contribution in [-0.2, 0) is 19.1 Å². The highest BCUT2D eigenvalue weighted by molar-refractivity contribution is 9.10. The minimum atomic E-state index is -1.04. The largest absolute Gasteiger partial charge is 0.478 e. The number of para-hydroxylation sites is 2. The number of H-pyrrole nitrogens is 2. The third-order valence-electron chi connectivity index (χ3n) is 4.30. The molecule has 4 rings (SSSR count). The first-order valence-corrected chi connectivity index (χ1v) is 9.62. The summed E-state index contributed by atoms with van der Waals surface area (Å²) < 4.78 is 11.0. The molecule has 3 aromatic rings. The quantitative estimate of drug-likeness (QED) is 0.415. The average molecular weight is 475 g/mol. The Hall–Kier alpha value is -3.60. The lowest BCUT2D eigenvalue weighted by Crippen LogP contribution is -2.39. The number of hydrogen-bond donors (Lipinski definition) is 4. The van der Waals surface area contributed by atoms with Gasteiger partial charge in [-0.25, -0.2) is 4.79 Å². The zero-order valence-electron chi connectivity index (χ0n) is 15.3. The van der Waals surface area contributed by atoms with Gasteiger partial charge in [-0.1, -0.05) is 12.1 Å². The zero-order valence-corrected chi connectivity index (χ0v) is 16.9. The SMILES string of the molecule is O=C(COC(=O)CC1Oc2ccccc2NC1=O)Nc1cc2[nH]c(=O)[nH]c2cc1Br. The number of ether oxygens (including phenoxy) is 2. The van der Waals surface area contributed by atoms with Crippen molar-refractivity contribution in [2.45, 2.75) is 12.5 Å². The highest BCUT2D eigenvalue weighted by Gasteiger charge is 2.30. The molecule has 10 nitrogen and oxygen atoms in total. The van der Waals surface area contributed by atoms with Crippen LogP contribution in [0.25, 0.3) is 11.0 Å². The van der Waals surface area contributed by atoms with E-state index < -0.39 is 30.5 Å². The van der Waals surface area contributed by atoms with Crippen molar-refractivity contribution in [2.75, 3.05) is 17.2 Å². The maximum Gasteiger partial charge on any atom is 0.323 e. The molecular formula is C19H15BrN4O6. The Morgan fingerprint density at radius 1 is 1.13 bits per heavy atom. The average Bonchev–Trinajstić information content (AvgIpc) is 3.06. The van der Waals surface area contributed by atoms with Crippen molar-refractivity contribution in [3.05, 3.63) is 51.4 Å². The number of carbonyl (C=O) groups is 3. The number of fused-ring (bicyclic) bond motifs is 2. The summed E-state index contributed by atoms with van der Waals surface area (Å²) in [5.41, 5.74) is 1.63. The number of aromatic nitrogens is 2. The molecule has 0 fully saturated rings. The van der Waals surface area contributed by atoms with Gasteiger partial charge >= 0.3 is 11.7 Å². The zero-order chi connectivity index (χ0) is 21.3. The number of carbonyl (C=O) groups excluding carboxylic acids is 3.